The molecule has 0 heterocycles. The van der Waals surface area contributed by atoms with E-state index in [4.69, 9.17) is 4.74 Å². The number of amides is 1. The highest BCUT2D eigenvalue weighted by Gasteiger charge is 2.33. The summed E-state index contributed by atoms with van der Waals surface area (Å²) in [7, 11) is 3.41. The zero-order valence-corrected chi connectivity index (χ0v) is 14.7. The highest BCUT2D eigenvalue weighted by atomic mass is 16.5. The van der Waals surface area contributed by atoms with Gasteiger partial charge in [0.05, 0.1) is 5.56 Å². The van der Waals surface area contributed by atoms with E-state index in [0.29, 0.717) is 11.1 Å². The van der Waals surface area contributed by atoms with Gasteiger partial charge in [-0.1, -0.05) is 31.7 Å². The van der Waals surface area contributed by atoms with E-state index >= 15 is 0 Å². The van der Waals surface area contributed by atoms with Crippen LogP contribution in [-0.2, 0) is 4.74 Å². The van der Waals surface area contributed by atoms with Crippen molar-refractivity contribution in [3.63, 3.8) is 0 Å². The first-order valence-electron chi connectivity index (χ1n) is 9.07. The minimum absolute atomic E-state index is 0.0325. The standard InChI is InChI=1S/C20H27NO3/c1-21(2)19(22)16-8-5-9-17(12-16)20(23)24-18-11-10-14-6-3-4-7-15(14)13-18/h5,8-9,12,14-15,18H,3-4,6-7,10-11,13H2,1-2H3. The number of esters is 1. The van der Waals surface area contributed by atoms with Crippen molar-refractivity contribution in [1.29, 1.82) is 0 Å². The molecular formula is C20H27NO3. The van der Waals surface area contributed by atoms with E-state index in [1.54, 1.807) is 38.4 Å². The van der Waals surface area contributed by atoms with Crippen molar-refractivity contribution in [3.05, 3.63) is 35.4 Å². The number of rotatable bonds is 3. The first-order chi connectivity index (χ1) is 11.5. The summed E-state index contributed by atoms with van der Waals surface area (Å²) in [5.74, 6) is 1.16. The van der Waals surface area contributed by atoms with Crippen molar-refractivity contribution < 1.29 is 14.3 Å². The molecule has 0 bridgehead atoms. The molecule has 0 radical (unpaired) electrons. The Kier molecular flexibility index (Phi) is 5.22. The lowest BCUT2D eigenvalue weighted by molar-refractivity contribution is -0.000926. The molecule has 0 aliphatic heterocycles. The van der Waals surface area contributed by atoms with E-state index in [1.807, 2.05) is 0 Å². The summed E-state index contributed by atoms with van der Waals surface area (Å²) in [5, 5.41) is 0. The van der Waals surface area contributed by atoms with Gasteiger partial charge in [-0.2, -0.15) is 0 Å². The number of nitrogens with zero attached hydrogens (tertiary/aromatic N) is 1. The molecule has 3 atom stereocenters. The molecule has 2 saturated carbocycles. The normalized spacial score (nSPS) is 26.3. The Balaban J connectivity index is 1.63. The number of carbonyl (C=O) groups is 2. The van der Waals surface area contributed by atoms with Crippen molar-refractivity contribution in [2.75, 3.05) is 14.1 Å². The van der Waals surface area contributed by atoms with Gasteiger partial charge in [0, 0.05) is 19.7 Å². The maximum atomic E-state index is 12.5. The molecule has 2 fully saturated rings. The predicted molar refractivity (Wildman–Crippen MR) is 93.0 cm³/mol. The Morgan fingerprint density at radius 1 is 1.00 bits per heavy atom. The highest BCUT2D eigenvalue weighted by molar-refractivity contribution is 5.97. The van der Waals surface area contributed by atoms with Gasteiger partial charge in [0.2, 0.25) is 0 Å². The average molecular weight is 329 g/mol. The maximum Gasteiger partial charge on any atom is 0.338 e. The largest absolute Gasteiger partial charge is 0.459 e. The molecule has 0 N–H and O–H groups in total. The summed E-state index contributed by atoms with van der Waals surface area (Å²) in [4.78, 5) is 26.0. The first kappa shape index (κ1) is 17.0. The van der Waals surface area contributed by atoms with Crippen LogP contribution in [0.1, 0.15) is 65.7 Å². The predicted octanol–water partition coefficient (Wildman–Crippen LogP) is 3.90. The smallest absolute Gasteiger partial charge is 0.338 e. The van der Waals surface area contributed by atoms with Crippen LogP contribution in [0.15, 0.2) is 24.3 Å². The SMILES string of the molecule is CN(C)C(=O)c1cccc(C(=O)OC2CCC3CCCCC3C2)c1. The van der Waals surface area contributed by atoms with Crippen LogP contribution in [0.4, 0.5) is 0 Å². The fourth-order valence-electron chi connectivity index (χ4n) is 4.19. The minimum Gasteiger partial charge on any atom is -0.459 e. The molecular weight excluding hydrogens is 302 g/mol. The Bertz CT molecular complexity index is 611. The quantitative estimate of drug-likeness (QED) is 0.790. The van der Waals surface area contributed by atoms with E-state index in [-0.39, 0.29) is 18.0 Å². The summed E-state index contributed by atoms with van der Waals surface area (Å²) < 4.78 is 5.76. The molecule has 1 aromatic rings. The number of benzene rings is 1. The zero-order chi connectivity index (χ0) is 17.1. The Hall–Kier alpha value is -1.84. The molecule has 24 heavy (non-hydrogen) atoms. The van der Waals surface area contributed by atoms with E-state index < -0.39 is 0 Å². The van der Waals surface area contributed by atoms with Crippen LogP contribution in [0.3, 0.4) is 0 Å². The molecule has 3 unspecified atom stereocenters. The molecule has 0 spiro atoms. The van der Waals surface area contributed by atoms with Crippen molar-refractivity contribution in [2.45, 2.75) is 51.0 Å². The fraction of sp³-hybridized carbons (Fsp3) is 0.600. The summed E-state index contributed by atoms with van der Waals surface area (Å²) in [6.07, 6.45) is 8.50. The topological polar surface area (TPSA) is 46.6 Å². The molecule has 4 nitrogen and oxygen atoms in total. The summed E-state index contributed by atoms with van der Waals surface area (Å²) in [6.45, 7) is 0. The molecule has 1 amide bonds. The van der Waals surface area contributed by atoms with Gasteiger partial charge in [-0.15, -0.1) is 0 Å². The lowest BCUT2D eigenvalue weighted by Gasteiger charge is -2.38. The van der Waals surface area contributed by atoms with Crippen LogP contribution in [0.2, 0.25) is 0 Å². The third kappa shape index (κ3) is 3.80. The second-order valence-electron chi connectivity index (χ2n) is 7.43. The molecule has 3 rings (SSSR count). The van der Waals surface area contributed by atoms with Crippen LogP contribution in [0.25, 0.3) is 0 Å². The first-order valence-corrected chi connectivity index (χ1v) is 9.07. The van der Waals surface area contributed by atoms with Crippen LogP contribution >= 0.6 is 0 Å². The third-order valence-electron chi connectivity index (χ3n) is 5.52. The van der Waals surface area contributed by atoms with Gasteiger partial charge in [0.1, 0.15) is 6.10 Å². The van der Waals surface area contributed by atoms with Gasteiger partial charge in [-0.25, -0.2) is 4.79 Å². The Morgan fingerprint density at radius 2 is 1.71 bits per heavy atom. The van der Waals surface area contributed by atoms with Gasteiger partial charge >= 0.3 is 5.97 Å². The average Bonchev–Trinajstić information content (AvgIpc) is 2.61. The van der Waals surface area contributed by atoms with E-state index in [0.717, 1.165) is 24.7 Å². The van der Waals surface area contributed by atoms with E-state index in [2.05, 4.69) is 0 Å². The maximum absolute atomic E-state index is 12.5. The third-order valence-corrected chi connectivity index (χ3v) is 5.52. The molecule has 0 saturated heterocycles. The second-order valence-corrected chi connectivity index (χ2v) is 7.43. The number of hydrogen-bond acceptors (Lipinski definition) is 3. The number of carbonyl (C=O) groups excluding carboxylic acids is 2. The molecule has 2 aliphatic rings. The van der Waals surface area contributed by atoms with Crippen molar-refractivity contribution in [1.82, 2.24) is 4.90 Å². The van der Waals surface area contributed by atoms with Crippen molar-refractivity contribution in [3.8, 4) is 0 Å². The highest BCUT2D eigenvalue weighted by Crippen LogP contribution is 2.41. The molecule has 4 heteroatoms. The Labute approximate surface area is 144 Å². The summed E-state index contributed by atoms with van der Waals surface area (Å²) >= 11 is 0. The lowest BCUT2D eigenvalue weighted by atomic mass is 9.70. The van der Waals surface area contributed by atoms with E-state index in [1.165, 1.54) is 37.0 Å². The lowest BCUT2D eigenvalue weighted by Crippen LogP contribution is -2.33. The second kappa shape index (κ2) is 7.37. The number of ether oxygens (including phenoxy) is 1. The summed E-state index contributed by atoms with van der Waals surface area (Å²) in [6, 6.07) is 6.83. The van der Waals surface area contributed by atoms with Crippen molar-refractivity contribution >= 4 is 11.9 Å². The monoisotopic (exact) mass is 329 g/mol. The number of hydrogen-bond donors (Lipinski definition) is 0. The van der Waals surface area contributed by atoms with Gasteiger partial charge in [-0.3, -0.25) is 4.79 Å². The molecule has 0 aromatic heterocycles. The van der Waals surface area contributed by atoms with Gasteiger partial charge in [0.15, 0.2) is 0 Å². The van der Waals surface area contributed by atoms with Gasteiger partial charge in [0.25, 0.3) is 5.91 Å². The fourth-order valence-corrected chi connectivity index (χ4v) is 4.19. The van der Waals surface area contributed by atoms with Gasteiger partial charge < -0.3 is 9.64 Å². The minimum atomic E-state index is -0.303. The van der Waals surface area contributed by atoms with Crippen molar-refractivity contribution in [2.24, 2.45) is 11.8 Å². The molecule has 2 aliphatic carbocycles. The van der Waals surface area contributed by atoms with Gasteiger partial charge in [-0.05, 0) is 49.3 Å². The number of fused-ring (bicyclic) bond motifs is 1. The van der Waals surface area contributed by atoms with E-state index in [9.17, 15) is 9.59 Å². The van der Waals surface area contributed by atoms with Crippen LogP contribution in [0.5, 0.6) is 0 Å². The van der Waals surface area contributed by atoms with Crippen LogP contribution in [-0.4, -0.2) is 37.0 Å². The summed E-state index contributed by atoms with van der Waals surface area (Å²) in [5.41, 5.74) is 0.985. The Morgan fingerprint density at radius 3 is 2.46 bits per heavy atom. The van der Waals surface area contributed by atoms with Crippen LogP contribution in [0, 0.1) is 11.8 Å². The van der Waals surface area contributed by atoms with Crippen LogP contribution < -0.4 is 0 Å². The molecule has 1 aromatic carbocycles. The zero-order valence-electron chi connectivity index (χ0n) is 14.7. The molecule has 130 valence electrons.